The Morgan fingerprint density at radius 1 is 1.00 bits per heavy atom. The highest BCUT2D eigenvalue weighted by atomic mass is 19.2. The number of methoxy groups -OCH3 is 1. The zero-order valence-corrected chi connectivity index (χ0v) is 16.4. The molecule has 0 N–H and O–H groups in total. The number of rotatable bonds is 5. The highest BCUT2D eigenvalue weighted by Gasteiger charge is 2.31. The van der Waals surface area contributed by atoms with E-state index in [9.17, 15) is 8.78 Å². The van der Waals surface area contributed by atoms with E-state index >= 15 is 0 Å². The van der Waals surface area contributed by atoms with Gasteiger partial charge in [-0.05, 0) is 87.2 Å². The third-order valence-corrected chi connectivity index (χ3v) is 6.72. The quantitative estimate of drug-likeness (QED) is 0.511. The van der Waals surface area contributed by atoms with Crippen molar-refractivity contribution < 1.29 is 13.5 Å². The summed E-state index contributed by atoms with van der Waals surface area (Å²) in [5, 5.41) is 0. The molecule has 2 atom stereocenters. The van der Waals surface area contributed by atoms with Gasteiger partial charge >= 0.3 is 0 Å². The van der Waals surface area contributed by atoms with Gasteiger partial charge in [-0.25, -0.2) is 4.39 Å². The maximum absolute atomic E-state index is 14.4. The predicted octanol–water partition coefficient (Wildman–Crippen LogP) is 7.02. The summed E-state index contributed by atoms with van der Waals surface area (Å²) in [5.41, 5.74) is 2.11. The van der Waals surface area contributed by atoms with Crippen molar-refractivity contribution in [1.82, 2.24) is 0 Å². The molecular weight excluding hydrogens is 330 g/mol. The molecule has 0 saturated heterocycles. The van der Waals surface area contributed by atoms with Crippen LogP contribution in [-0.2, 0) is 0 Å². The first-order chi connectivity index (χ1) is 12.5. The monoisotopic (exact) mass is 362 g/mol. The minimum absolute atomic E-state index is 0.00983. The van der Waals surface area contributed by atoms with Gasteiger partial charge in [0.1, 0.15) is 0 Å². The first kappa shape index (κ1) is 19.4. The maximum Gasteiger partial charge on any atom is 0.200 e. The summed E-state index contributed by atoms with van der Waals surface area (Å²) >= 11 is 0. The Balaban J connectivity index is 1.62. The van der Waals surface area contributed by atoms with Crippen LogP contribution in [0.4, 0.5) is 8.78 Å². The minimum atomic E-state index is -0.847. The lowest BCUT2D eigenvalue weighted by Crippen LogP contribution is -2.24. The van der Waals surface area contributed by atoms with Crippen LogP contribution in [0, 0.1) is 29.4 Å². The lowest BCUT2D eigenvalue weighted by atomic mass is 9.69. The van der Waals surface area contributed by atoms with Gasteiger partial charge in [0.05, 0.1) is 7.11 Å². The second-order valence-electron chi connectivity index (χ2n) is 8.23. The van der Waals surface area contributed by atoms with E-state index in [1.807, 2.05) is 0 Å². The molecule has 2 aliphatic carbocycles. The van der Waals surface area contributed by atoms with Crippen LogP contribution in [-0.4, -0.2) is 7.11 Å². The molecule has 144 valence electrons. The second kappa shape index (κ2) is 8.54. The van der Waals surface area contributed by atoms with Gasteiger partial charge in [0.25, 0.3) is 0 Å². The molecule has 0 amide bonds. The van der Waals surface area contributed by atoms with Crippen molar-refractivity contribution in [2.75, 3.05) is 7.11 Å². The summed E-state index contributed by atoms with van der Waals surface area (Å²) in [5.74, 6) is 0.724. The first-order valence-corrected chi connectivity index (χ1v) is 10.2. The zero-order chi connectivity index (χ0) is 18.7. The molecule has 2 aliphatic rings. The molecule has 1 saturated carbocycles. The number of hydrogen-bond donors (Lipinski definition) is 0. The molecule has 0 bridgehead atoms. The van der Waals surface area contributed by atoms with E-state index in [0.29, 0.717) is 17.4 Å². The highest BCUT2D eigenvalue weighted by Crippen LogP contribution is 2.44. The fourth-order valence-electron chi connectivity index (χ4n) is 5.15. The topological polar surface area (TPSA) is 9.23 Å². The third kappa shape index (κ3) is 3.97. The molecule has 1 aromatic carbocycles. The van der Waals surface area contributed by atoms with Crippen LogP contribution in [0.2, 0.25) is 0 Å². The van der Waals surface area contributed by atoms with Crippen LogP contribution in [0.1, 0.15) is 76.7 Å². The predicted molar refractivity (Wildman–Crippen MR) is 102 cm³/mol. The molecule has 0 aliphatic heterocycles. The average molecular weight is 363 g/mol. The second-order valence-corrected chi connectivity index (χ2v) is 8.23. The SMILES string of the molecule is CCCC1CCC(C2CCC(c3ccc(OC)c(F)c3F)CC2)C=C1C. The molecule has 3 rings (SSSR count). The number of benzene rings is 1. The first-order valence-electron chi connectivity index (χ1n) is 10.2. The van der Waals surface area contributed by atoms with E-state index in [4.69, 9.17) is 4.74 Å². The van der Waals surface area contributed by atoms with Crippen LogP contribution in [0.15, 0.2) is 23.8 Å². The molecule has 0 aromatic heterocycles. The molecule has 26 heavy (non-hydrogen) atoms. The highest BCUT2D eigenvalue weighted by molar-refractivity contribution is 5.33. The number of halogens is 2. The average Bonchev–Trinajstić information content (AvgIpc) is 2.66. The van der Waals surface area contributed by atoms with E-state index in [2.05, 4.69) is 19.9 Å². The molecule has 1 aromatic rings. The smallest absolute Gasteiger partial charge is 0.200 e. The third-order valence-electron chi connectivity index (χ3n) is 6.72. The Bertz CT molecular complexity index is 644. The van der Waals surface area contributed by atoms with Gasteiger partial charge in [0.2, 0.25) is 5.82 Å². The lowest BCUT2D eigenvalue weighted by Gasteiger charge is -2.36. The van der Waals surface area contributed by atoms with E-state index in [1.165, 1.54) is 32.8 Å². The standard InChI is InChI=1S/C23H32F2O/c1-4-5-16-6-11-19(14-15(16)2)17-7-9-18(10-8-17)20-12-13-21(26-3)23(25)22(20)24/h12-14,16-19H,4-11H2,1-3H3. The Morgan fingerprint density at radius 3 is 2.35 bits per heavy atom. The van der Waals surface area contributed by atoms with E-state index in [-0.39, 0.29) is 11.7 Å². The van der Waals surface area contributed by atoms with Crippen molar-refractivity contribution in [1.29, 1.82) is 0 Å². The number of ether oxygens (including phenoxy) is 1. The molecule has 2 unspecified atom stereocenters. The van der Waals surface area contributed by atoms with Gasteiger partial charge < -0.3 is 4.74 Å². The van der Waals surface area contributed by atoms with E-state index < -0.39 is 11.6 Å². The summed E-state index contributed by atoms with van der Waals surface area (Å²) in [6, 6.07) is 3.27. The minimum Gasteiger partial charge on any atom is -0.494 e. The zero-order valence-electron chi connectivity index (χ0n) is 16.4. The molecule has 0 spiro atoms. The summed E-state index contributed by atoms with van der Waals surface area (Å²) in [6.07, 6.45) is 11.9. The molecular formula is C23H32F2O. The summed E-state index contributed by atoms with van der Waals surface area (Å²) in [7, 11) is 1.37. The van der Waals surface area contributed by atoms with Crippen molar-refractivity contribution >= 4 is 0 Å². The van der Waals surface area contributed by atoms with Gasteiger partial charge in [-0.3, -0.25) is 0 Å². The number of allylic oxidation sites excluding steroid dienone is 2. The van der Waals surface area contributed by atoms with Crippen LogP contribution >= 0.6 is 0 Å². The molecule has 1 nitrogen and oxygen atoms in total. The van der Waals surface area contributed by atoms with Crippen LogP contribution < -0.4 is 4.74 Å². The van der Waals surface area contributed by atoms with Gasteiger partial charge in [-0.2, -0.15) is 4.39 Å². The Hall–Kier alpha value is -1.38. The van der Waals surface area contributed by atoms with Crippen molar-refractivity contribution in [3.05, 3.63) is 41.0 Å². The van der Waals surface area contributed by atoms with Crippen LogP contribution in [0.3, 0.4) is 0 Å². The summed E-state index contributed by atoms with van der Waals surface area (Å²) in [6.45, 7) is 4.56. The van der Waals surface area contributed by atoms with Crippen molar-refractivity contribution in [2.45, 2.75) is 71.1 Å². The van der Waals surface area contributed by atoms with Crippen molar-refractivity contribution in [3.63, 3.8) is 0 Å². The van der Waals surface area contributed by atoms with Gasteiger partial charge in [-0.15, -0.1) is 0 Å². The fraction of sp³-hybridized carbons (Fsp3) is 0.652. The lowest BCUT2D eigenvalue weighted by molar-refractivity contribution is 0.233. The van der Waals surface area contributed by atoms with Crippen LogP contribution in [0.25, 0.3) is 0 Å². The largest absolute Gasteiger partial charge is 0.494 e. The molecule has 1 fully saturated rings. The fourth-order valence-corrected chi connectivity index (χ4v) is 5.15. The van der Waals surface area contributed by atoms with Crippen molar-refractivity contribution in [3.8, 4) is 5.75 Å². The van der Waals surface area contributed by atoms with E-state index in [0.717, 1.165) is 31.6 Å². The summed E-state index contributed by atoms with van der Waals surface area (Å²) in [4.78, 5) is 0. The van der Waals surface area contributed by atoms with Crippen molar-refractivity contribution in [2.24, 2.45) is 17.8 Å². The molecule has 0 radical (unpaired) electrons. The maximum atomic E-state index is 14.4. The summed E-state index contributed by atoms with van der Waals surface area (Å²) < 4.78 is 33.3. The number of hydrogen-bond acceptors (Lipinski definition) is 1. The van der Waals surface area contributed by atoms with E-state index in [1.54, 1.807) is 17.7 Å². The Kier molecular flexibility index (Phi) is 6.37. The molecule has 0 heterocycles. The van der Waals surface area contributed by atoms with Crippen LogP contribution in [0.5, 0.6) is 5.75 Å². The van der Waals surface area contributed by atoms with Gasteiger partial charge in [0, 0.05) is 0 Å². The normalized spacial score (nSPS) is 29.3. The Labute approximate surface area is 156 Å². The van der Waals surface area contributed by atoms with Gasteiger partial charge in [0.15, 0.2) is 11.6 Å². The molecule has 3 heteroatoms. The van der Waals surface area contributed by atoms with Gasteiger partial charge in [-0.1, -0.05) is 31.1 Å². The Morgan fingerprint density at radius 2 is 1.73 bits per heavy atom.